The van der Waals surface area contributed by atoms with Crippen molar-refractivity contribution in [1.29, 1.82) is 0 Å². The first kappa shape index (κ1) is 11.2. The Morgan fingerprint density at radius 3 is 2.33 bits per heavy atom. The van der Waals surface area contributed by atoms with Crippen LogP contribution in [0.4, 0.5) is 0 Å². The molecule has 90 valence electrons. The number of hydrogen-bond acceptors (Lipinski definition) is 1. The molecule has 0 amide bonds. The van der Waals surface area contributed by atoms with E-state index in [0.717, 1.165) is 5.69 Å². The van der Waals surface area contributed by atoms with Crippen LogP contribution >= 0.6 is 0 Å². The summed E-state index contributed by atoms with van der Waals surface area (Å²) < 4.78 is 0. The summed E-state index contributed by atoms with van der Waals surface area (Å²) in [6, 6.07) is 15.1. The molecule has 1 heteroatoms. The van der Waals surface area contributed by atoms with Gasteiger partial charge in [0.1, 0.15) is 0 Å². The number of rotatable bonds is 0. The molecule has 0 aliphatic heterocycles. The Kier molecular flexibility index (Phi) is 2.37. The molecule has 0 unspecified atom stereocenters. The van der Waals surface area contributed by atoms with Gasteiger partial charge in [-0.25, -0.2) is 0 Å². The Balaban J connectivity index is 2.40. The van der Waals surface area contributed by atoms with E-state index in [-0.39, 0.29) is 5.41 Å². The highest BCUT2D eigenvalue weighted by atomic mass is 14.7. The molecular weight excluding hydrogens is 218 g/mol. The van der Waals surface area contributed by atoms with Crippen molar-refractivity contribution in [3.63, 3.8) is 0 Å². The van der Waals surface area contributed by atoms with Crippen molar-refractivity contribution < 1.29 is 0 Å². The lowest BCUT2D eigenvalue weighted by Crippen LogP contribution is -2.12. The van der Waals surface area contributed by atoms with Crippen LogP contribution in [-0.4, -0.2) is 4.98 Å². The topological polar surface area (TPSA) is 12.9 Å². The maximum atomic E-state index is 4.58. The van der Waals surface area contributed by atoms with E-state index in [1.807, 2.05) is 6.20 Å². The number of nitrogens with zero attached hydrogens (tertiary/aromatic N) is 1. The van der Waals surface area contributed by atoms with Gasteiger partial charge >= 0.3 is 0 Å². The molecule has 0 saturated heterocycles. The van der Waals surface area contributed by atoms with Crippen LogP contribution in [0.1, 0.15) is 26.5 Å². The third kappa shape index (κ3) is 1.76. The molecule has 2 aromatic carbocycles. The lowest BCUT2D eigenvalue weighted by atomic mass is 9.90. The van der Waals surface area contributed by atoms with E-state index in [9.17, 15) is 0 Å². The normalized spacial score (nSPS) is 12.2. The van der Waals surface area contributed by atoms with Gasteiger partial charge in [0, 0.05) is 22.7 Å². The summed E-state index contributed by atoms with van der Waals surface area (Å²) >= 11 is 0. The molecule has 1 nitrogen and oxygen atoms in total. The zero-order chi connectivity index (χ0) is 12.8. The number of aromatic nitrogens is 1. The van der Waals surface area contributed by atoms with Crippen LogP contribution in [0.25, 0.3) is 21.5 Å². The van der Waals surface area contributed by atoms with Crippen LogP contribution < -0.4 is 0 Å². The molecule has 0 radical (unpaired) electrons. The predicted molar refractivity (Wildman–Crippen MR) is 77.9 cm³/mol. The van der Waals surface area contributed by atoms with Gasteiger partial charge in [-0.05, 0) is 22.2 Å². The van der Waals surface area contributed by atoms with E-state index >= 15 is 0 Å². The Bertz CT molecular complexity index is 720. The summed E-state index contributed by atoms with van der Waals surface area (Å²) in [7, 11) is 0. The Hall–Kier alpha value is -1.89. The second-order valence-corrected chi connectivity index (χ2v) is 5.83. The Labute approximate surface area is 107 Å². The lowest BCUT2D eigenvalue weighted by molar-refractivity contribution is 0.570. The highest BCUT2D eigenvalue weighted by Gasteiger charge is 2.15. The molecule has 0 spiro atoms. The summed E-state index contributed by atoms with van der Waals surface area (Å²) in [6.07, 6.45) is 1.99. The van der Waals surface area contributed by atoms with Crippen molar-refractivity contribution in [1.82, 2.24) is 4.98 Å². The van der Waals surface area contributed by atoms with Gasteiger partial charge in [0.25, 0.3) is 0 Å². The summed E-state index contributed by atoms with van der Waals surface area (Å²) in [6.45, 7) is 6.60. The highest BCUT2D eigenvalue weighted by Crippen LogP contribution is 2.28. The lowest BCUT2D eigenvalue weighted by Gasteiger charge is -2.18. The average molecular weight is 235 g/mol. The number of fused-ring (bicyclic) bond motifs is 3. The summed E-state index contributed by atoms with van der Waals surface area (Å²) in [5.74, 6) is 0. The zero-order valence-corrected chi connectivity index (χ0v) is 11.1. The molecule has 1 heterocycles. The number of benzene rings is 2. The van der Waals surface area contributed by atoms with Crippen LogP contribution in [0.2, 0.25) is 0 Å². The van der Waals surface area contributed by atoms with Crippen LogP contribution in [0, 0.1) is 0 Å². The van der Waals surface area contributed by atoms with Gasteiger partial charge in [-0.15, -0.1) is 0 Å². The predicted octanol–water partition coefficient (Wildman–Crippen LogP) is 4.69. The second-order valence-electron chi connectivity index (χ2n) is 5.83. The monoisotopic (exact) mass is 235 g/mol. The van der Waals surface area contributed by atoms with Crippen LogP contribution in [0.15, 0.2) is 48.7 Å². The van der Waals surface area contributed by atoms with Crippen molar-refractivity contribution in [3.05, 3.63) is 54.4 Å². The van der Waals surface area contributed by atoms with Crippen molar-refractivity contribution in [2.45, 2.75) is 26.2 Å². The summed E-state index contributed by atoms with van der Waals surface area (Å²) in [4.78, 5) is 4.58. The Morgan fingerprint density at radius 2 is 1.56 bits per heavy atom. The van der Waals surface area contributed by atoms with E-state index in [2.05, 4.69) is 68.2 Å². The van der Waals surface area contributed by atoms with Crippen molar-refractivity contribution >= 4 is 21.5 Å². The van der Waals surface area contributed by atoms with Crippen LogP contribution in [-0.2, 0) is 5.41 Å². The first-order chi connectivity index (χ1) is 8.55. The van der Waals surface area contributed by atoms with Gasteiger partial charge in [0.15, 0.2) is 0 Å². The van der Waals surface area contributed by atoms with Gasteiger partial charge < -0.3 is 0 Å². The SMILES string of the molecule is CC(C)(C)c1cc2c(ccc3ccccc32)cn1. The smallest absolute Gasteiger partial charge is 0.0463 e. The van der Waals surface area contributed by atoms with Crippen molar-refractivity contribution in [2.75, 3.05) is 0 Å². The molecular formula is C17H17N. The van der Waals surface area contributed by atoms with Gasteiger partial charge in [-0.3, -0.25) is 4.98 Å². The van der Waals surface area contributed by atoms with E-state index in [1.54, 1.807) is 0 Å². The minimum absolute atomic E-state index is 0.0884. The second kappa shape index (κ2) is 3.81. The van der Waals surface area contributed by atoms with E-state index < -0.39 is 0 Å². The van der Waals surface area contributed by atoms with Gasteiger partial charge in [0.05, 0.1) is 0 Å². The van der Waals surface area contributed by atoms with Crippen LogP contribution in [0.5, 0.6) is 0 Å². The Morgan fingerprint density at radius 1 is 0.833 bits per heavy atom. The molecule has 0 saturated carbocycles. The minimum atomic E-state index is 0.0884. The molecule has 3 aromatic rings. The molecule has 1 aromatic heterocycles. The van der Waals surface area contributed by atoms with Crippen molar-refractivity contribution in [2.24, 2.45) is 0 Å². The van der Waals surface area contributed by atoms with Crippen molar-refractivity contribution in [3.8, 4) is 0 Å². The zero-order valence-electron chi connectivity index (χ0n) is 11.1. The third-order valence-corrected chi connectivity index (χ3v) is 3.40. The first-order valence-corrected chi connectivity index (χ1v) is 6.34. The fourth-order valence-corrected chi connectivity index (χ4v) is 2.31. The molecule has 0 N–H and O–H groups in total. The van der Waals surface area contributed by atoms with Gasteiger partial charge in [-0.2, -0.15) is 0 Å². The summed E-state index contributed by atoms with van der Waals surface area (Å²) in [5.41, 5.74) is 1.23. The highest BCUT2D eigenvalue weighted by molar-refractivity contribution is 6.07. The molecule has 3 rings (SSSR count). The third-order valence-electron chi connectivity index (χ3n) is 3.40. The molecule has 0 fully saturated rings. The number of pyridine rings is 1. The molecule has 0 atom stereocenters. The fraction of sp³-hybridized carbons (Fsp3) is 0.235. The maximum Gasteiger partial charge on any atom is 0.0463 e. The standard InChI is InChI=1S/C17H17N/c1-17(2,3)16-10-15-13(11-18-16)9-8-12-6-4-5-7-14(12)15/h4-11H,1-3H3. The van der Waals surface area contributed by atoms with E-state index in [1.165, 1.54) is 21.5 Å². The minimum Gasteiger partial charge on any atom is -0.260 e. The van der Waals surface area contributed by atoms with E-state index in [0.29, 0.717) is 0 Å². The molecule has 18 heavy (non-hydrogen) atoms. The van der Waals surface area contributed by atoms with E-state index in [4.69, 9.17) is 0 Å². The molecule has 0 aliphatic carbocycles. The largest absolute Gasteiger partial charge is 0.260 e. The quantitative estimate of drug-likeness (QED) is 0.515. The fourth-order valence-electron chi connectivity index (χ4n) is 2.31. The molecule has 0 bridgehead atoms. The van der Waals surface area contributed by atoms with Gasteiger partial charge in [0.2, 0.25) is 0 Å². The average Bonchev–Trinajstić information content (AvgIpc) is 2.37. The maximum absolute atomic E-state index is 4.58. The molecule has 0 aliphatic rings. The van der Waals surface area contributed by atoms with Gasteiger partial charge in [-0.1, -0.05) is 57.2 Å². The number of hydrogen-bond donors (Lipinski definition) is 0. The first-order valence-electron chi connectivity index (χ1n) is 6.34. The van der Waals surface area contributed by atoms with Crippen LogP contribution in [0.3, 0.4) is 0 Å². The summed E-state index contributed by atoms with van der Waals surface area (Å²) in [5, 5.41) is 5.11.